The van der Waals surface area contributed by atoms with Crippen LogP contribution in [0.15, 0.2) is 24.5 Å². The van der Waals surface area contributed by atoms with Gasteiger partial charge in [0.05, 0.1) is 17.9 Å². The second-order valence-corrected chi connectivity index (χ2v) is 6.83. The first-order valence-electron chi connectivity index (χ1n) is 8.89. The summed E-state index contributed by atoms with van der Waals surface area (Å²) in [5.41, 5.74) is 3.06. The molecule has 1 N–H and O–H groups in total. The predicted octanol–water partition coefficient (Wildman–Crippen LogP) is 3.13. The molecule has 134 valence electrons. The van der Waals surface area contributed by atoms with Gasteiger partial charge in [0.1, 0.15) is 11.9 Å². The summed E-state index contributed by atoms with van der Waals surface area (Å²) in [7, 11) is 2.15. The summed E-state index contributed by atoms with van der Waals surface area (Å²) in [4.78, 5) is 15.5. The molecule has 2 aromatic heterocycles. The second kappa shape index (κ2) is 7.78. The monoisotopic (exact) mass is 341 g/mol. The number of likely N-dealkylation sites (tertiary alicyclic amines) is 1. The first-order chi connectivity index (χ1) is 12.0. The van der Waals surface area contributed by atoms with E-state index in [-0.39, 0.29) is 12.1 Å². The smallest absolute Gasteiger partial charge is 0.213 e. The number of aryl methyl sites for hydroxylation is 2. The Kier molecular flexibility index (Phi) is 5.48. The van der Waals surface area contributed by atoms with Crippen molar-refractivity contribution in [2.45, 2.75) is 45.8 Å². The number of rotatable bonds is 5. The molecule has 0 spiro atoms. The third-order valence-corrected chi connectivity index (χ3v) is 4.68. The van der Waals surface area contributed by atoms with Gasteiger partial charge >= 0.3 is 0 Å². The lowest BCUT2D eigenvalue weighted by Gasteiger charge is -2.28. The number of aromatic nitrogens is 3. The molecule has 1 fully saturated rings. The van der Waals surface area contributed by atoms with Gasteiger partial charge in [-0.1, -0.05) is 0 Å². The molecule has 0 amide bonds. The largest absolute Gasteiger partial charge is 0.474 e. The van der Waals surface area contributed by atoms with E-state index in [1.165, 1.54) is 0 Å². The van der Waals surface area contributed by atoms with Crippen molar-refractivity contribution >= 4 is 5.69 Å². The zero-order chi connectivity index (χ0) is 17.8. The molecule has 1 atom stereocenters. The van der Waals surface area contributed by atoms with E-state index in [4.69, 9.17) is 4.74 Å². The van der Waals surface area contributed by atoms with Crippen LogP contribution in [0.3, 0.4) is 0 Å². The fourth-order valence-corrected chi connectivity index (χ4v) is 3.15. The maximum atomic E-state index is 5.99. The van der Waals surface area contributed by atoms with Gasteiger partial charge in [0.25, 0.3) is 0 Å². The molecule has 25 heavy (non-hydrogen) atoms. The van der Waals surface area contributed by atoms with Crippen LogP contribution in [0, 0.1) is 13.8 Å². The number of pyridine rings is 1. The van der Waals surface area contributed by atoms with Crippen LogP contribution >= 0.6 is 0 Å². The van der Waals surface area contributed by atoms with E-state index in [2.05, 4.69) is 39.1 Å². The van der Waals surface area contributed by atoms with Crippen molar-refractivity contribution in [2.75, 3.05) is 25.5 Å². The fraction of sp³-hybridized carbons (Fsp3) is 0.526. The summed E-state index contributed by atoms with van der Waals surface area (Å²) in [5, 5.41) is 3.45. The number of nitrogens with zero attached hydrogens (tertiary/aromatic N) is 4. The molecule has 3 heterocycles. The number of hydrogen-bond acceptors (Lipinski definition) is 6. The Morgan fingerprint density at radius 1 is 1.16 bits per heavy atom. The van der Waals surface area contributed by atoms with Gasteiger partial charge in [0, 0.05) is 36.6 Å². The van der Waals surface area contributed by atoms with Gasteiger partial charge in [-0.15, -0.1) is 0 Å². The third-order valence-electron chi connectivity index (χ3n) is 4.68. The Labute approximate surface area is 149 Å². The zero-order valence-corrected chi connectivity index (χ0v) is 15.5. The Bertz CT molecular complexity index is 695. The summed E-state index contributed by atoms with van der Waals surface area (Å²) in [6.45, 7) is 8.18. The maximum absolute atomic E-state index is 5.99. The molecular formula is C19H27N5O. The molecule has 6 nitrogen and oxygen atoms in total. The van der Waals surface area contributed by atoms with E-state index in [1.54, 1.807) is 0 Å². The van der Waals surface area contributed by atoms with Crippen molar-refractivity contribution in [2.24, 2.45) is 0 Å². The fourth-order valence-electron chi connectivity index (χ4n) is 3.15. The molecule has 0 bridgehead atoms. The van der Waals surface area contributed by atoms with E-state index in [9.17, 15) is 0 Å². The van der Waals surface area contributed by atoms with Crippen molar-refractivity contribution in [1.82, 2.24) is 19.9 Å². The molecule has 0 saturated carbocycles. The maximum Gasteiger partial charge on any atom is 0.213 e. The number of ether oxygens (including phenoxy) is 1. The standard InChI is InChI=1S/C19H27N5O/c1-13-18(12-20-15(3)22-13)14(2)23-16-5-6-19(21-11-16)25-17-7-9-24(4)10-8-17/h5-6,11-12,14,17,23H,7-10H2,1-4H3/t14-/m0/s1. The molecule has 0 unspecified atom stereocenters. The van der Waals surface area contributed by atoms with Crippen molar-refractivity contribution in [3.05, 3.63) is 41.6 Å². The SMILES string of the molecule is Cc1ncc([C@H](C)Nc2ccc(OC3CCN(C)CC3)nc2)c(C)n1. The summed E-state index contributed by atoms with van der Waals surface area (Å²) in [6, 6.07) is 4.06. The van der Waals surface area contributed by atoms with E-state index < -0.39 is 0 Å². The normalized spacial score (nSPS) is 17.3. The molecule has 1 aliphatic heterocycles. The highest BCUT2D eigenvalue weighted by atomic mass is 16.5. The van der Waals surface area contributed by atoms with Crippen molar-refractivity contribution in [3.63, 3.8) is 0 Å². The number of piperidine rings is 1. The van der Waals surface area contributed by atoms with Crippen LogP contribution in [0.1, 0.15) is 42.9 Å². The molecule has 1 saturated heterocycles. The Hall–Kier alpha value is -2.21. The van der Waals surface area contributed by atoms with Crippen LogP contribution in [-0.4, -0.2) is 46.1 Å². The van der Waals surface area contributed by atoms with E-state index >= 15 is 0 Å². The van der Waals surface area contributed by atoms with Gasteiger partial charge in [-0.2, -0.15) is 0 Å². The van der Waals surface area contributed by atoms with E-state index in [1.807, 2.05) is 38.4 Å². The van der Waals surface area contributed by atoms with Crippen LogP contribution in [0.5, 0.6) is 5.88 Å². The highest BCUT2D eigenvalue weighted by molar-refractivity contribution is 5.44. The molecule has 2 aromatic rings. The summed E-state index contributed by atoms with van der Waals surface area (Å²) >= 11 is 0. The van der Waals surface area contributed by atoms with Crippen LogP contribution in [0.25, 0.3) is 0 Å². The van der Waals surface area contributed by atoms with Gasteiger partial charge < -0.3 is 15.0 Å². The quantitative estimate of drug-likeness (QED) is 0.901. The molecule has 0 aliphatic carbocycles. The first-order valence-corrected chi connectivity index (χ1v) is 8.89. The average Bonchev–Trinajstić information content (AvgIpc) is 2.58. The highest BCUT2D eigenvalue weighted by Gasteiger charge is 2.18. The minimum absolute atomic E-state index is 0.114. The van der Waals surface area contributed by atoms with Crippen molar-refractivity contribution < 1.29 is 4.74 Å². The predicted molar refractivity (Wildman–Crippen MR) is 98.9 cm³/mol. The summed E-state index contributed by atoms with van der Waals surface area (Å²) in [5.74, 6) is 1.49. The summed E-state index contributed by atoms with van der Waals surface area (Å²) < 4.78 is 5.99. The van der Waals surface area contributed by atoms with Crippen molar-refractivity contribution in [3.8, 4) is 5.88 Å². The average molecular weight is 341 g/mol. The van der Waals surface area contributed by atoms with Gasteiger partial charge in [-0.3, -0.25) is 0 Å². The van der Waals surface area contributed by atoms with Crippen molar-refractivity contribution in [1.29, 1.82) is 0 Å². The Balaban J connectivity index is 1.58. The topological polar surface area (TPSA) is 63.2 Å². The molecule has 3 rings (SSSR count). The first kappa shape index (κ1) is 17.6. The molecule has 6 heteroatoms. The summed E-state index contributed by atoms with van der Waals surface area (Å²) in [6.07, 6.45) is 6.10. The highest BCUT2D eigenvalue weighted by Crippen LogP contribution is 2.22. The Morgan fingerprint density at radius 3 is 2.56 bits per heavy atom. The van der Waals surface area contributed by atoms with Gasteiger partial charge in [0.15, 0.2) is 0 Å². The minimum atomic E-state index is 0.114. The number of anilines is 1. The molecule has 1 aliphatic rings. The number of nitrogens with one attached hydrogen (secondary N) is 1. The Morgan fingerprint density at radius 2 is 1.92 bits per heavy atom. The minimum Gasteiger partial charge on any atom is -0.474 e. The van der Waals surface area contributed by atoms with Crippen LogP contribution < -0.4 is 10.1 Å². The lowest BCUT2D eigenvalue weighted by Crippen LogP contribution is -2.35. The third kappa shape index (κ3) is 4.66. The lowest BCUT2D eigenvalue weighted by atomic mass is 10.1. The lowest BCUT2D eigenvalue weighted by molar-refractivity contribution is 0.110. The van der Waals surface area contributed by atoms with Gasteiger partial charge in [-0.25, -0.2) is 15.0 Å². The zero-order valence-electron chi connectivity index (χ0n) is 15.5. The second-order valence-electron chi connectivity index (χ2n) is 6.83. The van der Waals surface area contributed by atoms with Crippen LogP contribution in [0.4, 0.5) is 5.69 Å². The van der Waals surface area contributed by atoms with Gasteiger partial charge in [-0.05, 0) is 46.7 Å². The van der Waals surface area contributed by atoms with E-state index in [0.29, 0.717) is 5.88 Å². The van der Waals surface area contributed by atoms with Crippen LogP contribution in [-0.2, 0) is 0 Å². The molecule has 0 aromatic carbocycles. The molecular weight excluding hydrogens is 314 g/mol. The van der Waals surface area contributed by atoms with E-state index in [0.717, 1.165) is 48.7 Å². The van der Waals surface area contributed by atoms with Crippen LogP contribution in [0.2, 0.25) is 0 Å². The van der Waals surface area contributed by atoms with Gasteiger partial charge in [0.2, 0.25) is 5.88 Å². The molecule has 0 radical (unpaired) electrons. The number of hydrogen-bond donors (Lipinski definition) is 1.